The second kappa shape index (κ2) is 7.77. The lowest BCUT2D eigenvalue weighted by Gasteiger charge is -2.17. The predicted octanol–water partition coefficient (Wildman–Crippen LogP) is 3.85. The van der Waals surface area contributed by atoms with Gasteiger partial charge in [0.1, 0.15) is 17.4 Å². The minimum atomic E-state index is -0.511. The van der Waals surface area contributed by atoms with Crippen molar-refractivity contribution < 1.29 is 9.13 Å². The van der Waals surface area contributed by atoms with Crippen LogP contribution in [0.15, 0.2) is 18.2 Å². The van der Waals surface area contributed by atoms with Crippen molar-refractivity contribution in [2.45, 2.75) is 52.1 Å². The molecule has 1 rings (SSSR count). The third kappa shape index (κ3) is 4.89. The summed E-state index contributed by atoms with van der Waals surface area (Å²) in [6.45, 7) is 4.13. The maximum absolute atomic E-state index is 13.6. The highest BCUT2D eigenvalue weighted by Crippen LogP contribution is 2.23. The Bertz CT molecular complexity index is 421. The van der Waals surface area contributed by atoms with Crippen LogP contribution in [0.25, 0.3) is 0 Å². The highest BCUT2D eigenvalue weighted by atomic mass is 19.1. The van der Waals surface area contributed by atoms with Crippen LogP contribution in [-0.2, 0) is 0 Å². The van der Waals surface area contributed by atoms with Gasteiger partial charge in [0.15, 0.2) is 0 Å². The molecule has 1 aromatic carbocycles. The van der Waals surface area contributed by atoms with Crippen LogP contribution in [0.5, 0.6) is 5.75 Å². The standard InChI is InChI=1S/C15H23FN2O/c1-3-4-5-6-8-11(2)19-13-10-7-9-12(16)14(13)15(17)18/h7,9-11H,3-6,8H2,1-2H3,(H3,17,18). The van der Waals surface area contributed by atoms with E-state index in [4.69, 9.17) is 15.9 Å². The van der Waals surface area contributed by atoms with Crippen molar-refractivity contribution in [3.63, 3.8) is 0 Å². The van der Waals surface area contributed by atoms with Gasteiger partial charge in [0.05, 0.1) is 11.7 Å². The molecule has 0 fully saturated rings. The number of rotatable bonds is 8. The zero-order chi connectivity index (χ0) is 14.3. The fourth-order valence-corrected chi connectivity index (χ4v) is 2.00. The van der Waals surface area contributed by atoms with Gasteiger partial charge in [-0.2, -0.15) is 0 Å². The first kappa shape index (κ1) is 15.5. The third-order valence-corrected chi connectivity index (χ3v) is 3.04. The van der Waals surface area contributed by atoms with E-state index in [0.717, 1.165) is 12.8 Å². The predicted molar refractivity (Wildman–Crippen MR) is 76.3 cm³/mol. The lowest BCUT2D eigenvalue weighted by atomic mass is 10.1. The molecule has 0 radical (unpaired) electrons. The highest BCUT2D eigenvalue weighted by Gasteiger charge is 2.14. The molecule has 0 spiro atoms. The quantitative estimate of drug-likeness (QED) is 0.426. The van der Waals surface area contributed by atoms with Gasteiger partial charge in [-0.3, -0.25) is 5.41 Å². The Morgan fingerprint density at radius 2 is 2.11 bits per heavy atom. The van der Waals surface area contributed by atoms with Crippen molar-refractivity contribution in [3.05, 3.63) is 29.6 Å². The Kier molecular flexibility index (Phi) is 6.33. The maximum atomic E-state index is 13.6. The van der Waals surface area contributed by atoms with Gasteiger partial charge in [0, 0.05) is 0 Å². The van der Waals surface area contributed by atoms with E-state index in [0.29, 0.717) is 5.75 Å². The number of nitrogens with one attached hydrogen (secondary N) is 1. The molecule has 0 saturated heterocycles. The number of hydrogen-bond donors (Lipinski definition) is 2. The molecule has 0 heterocycles. The number of nitrogens with two attached hydrogens (primary N) is 1. The van der Waals surface area contributed by atoms with Crippen LogP contribution < -0.4 is 10.5 Å². The van der Waals surface area contributed by atoms with Gasteiger partial charge in [-0.1, -0.05) is 32.3 Å². The number of ether oxygens (including phenoxy) is 1. The summed E-state index contributed by atoms with van der Waals surface area (Å²) in [6, 6.07) is 4.51. The van der Waals surface area contributed by atoms with Gasteiger partial charge < -0.3 is 10.5 Å². The van der Waals surface area contributed by atoms with E-state index in [-0.39, 0.29) is 17.5 Å². The van der Waals surface area contributed by atoms with Gasteiger partial charge in [-0.25, -0.2) is 4.39 Å². The molecule has 0 bridgehead atoms. The van der Waals surface area contributed by atoms with Crippen LogP contribution in [-0.4, -0.2) is 11.9 Å². The number of unbranched alkanes of at least 4 members (excludes halogenated alkanes) is 3. The molecule has 0 amide bonds. The van der Waals surface area contributed by atoms with Crippen LogP contribution >= 0.6 is 0 Å². The molecular weight excluding hydrogens is 243 g/mol. The Morgan fingerprint density at radius 3 is 2.74 bits per heavy atom. The van der Waals surface area contributed by atoms with E-state index >= 15 is 0 Å². The monoisotopic (exact) mass is 266 g/mol. The highest BCUT2D eigenvalue weighted by molar-refractivity contribution is 5.97. The van der Waals surface area contributed by atoms with Crippen LogP contribution in [0, 0.1) is 11.2 Å². The van der Waals surface area contributed by atoms with Crippen molar-refractivity contribution in [1.29, 1.82) is 5.41 Å². The van der Waals surface area contributed by atoms with Crippen LogP contribution in [0.1, 0.15) is 51.5 Å². The molecule has 0 aliphatic carbocycles. The average molecular weight is 266 g/mol. The van der Waals surface area contributed by atoms with Crippen LogP contribution in [0.2, 0.25) is 0 Å². The molecule has 1 atom stereocenters. The molecular formula is C15H23FN2O. The van der Waals surface area contributed by atoms with Gasteiger partial charge in [0.2, 0.25) is 0 Å². The first-order valence-electron chi connectivity index (χ1n) is 6.85. The second-order valence-corrected chi connectivity index (χ2v) is 4.80. The van der Waals surface area contributed by atoms with Crippen molar-refractivity contribution >= 4 is 5.84 Å². The topological polar surface area (TPSA) is 59.1 Å². The molecule has 3 N–H and O–H groups in total. The molecule has 106 valence electrons. The summed E-state index contributed by atoms with van der Waals surface area (Å²) in [5.41, 5.74) is 5.45. The molecule has 1 unspecified atom stereocenters. The van der Waals surface area contributed by atoms with Crippen LogP contribution in [0.4, 0.5) is 4.39 Å². The van der Waals surface area contributed by atoms with E-state index in [1.807, 2.05) is 6.92 Å². The largest absolute Gasteiger partial charge is 0.490 e. The van der Waals surface area contributed by atoms with Crippen molar-refractivity contribution in [3.8, 4) is 5.75 Å². The SMILES string of the molecule is CCCCCCC(C)Oc1cccc(F)c1C(=N)N. The molecule has 1 aromatic rings. The summed E-state index contributed by atoms with van der Waals surface area (Å²) in [7, 11) is 0. The second-order valence-electron chi connectivity index (χ2n) is 4.80. The smallest absolute Gasteiger partial charge is 0.137 e. The van der Waals surface area contributed by atoms with E-state index in [9.17, 15) is 4.39 Å². The van der Waals surface area contributed by atoms with Gasteiger partial charge in [-0.05, 0) is 31.9 Å². The van der Waals surface area contributed by atoms with E-state index in [1.54, 1.807) is 12.1 Å². The summed E-state index contributed by atoms with van der Waals surface area (Å²) in [6.07, 6.45) is 5.64. The van der Waals surface area contributed by atoms with E-state index < -0.39 is 5.82 Å². The summed E-state index contributed by atoms with van der Waals surface area (Å²) in [5.74, 6) is -0.454. The Morgan fingerprint density at radius 1 is 1.37 bits per heavy atom. The lowest BCUT2D eigenvalue weighted by molar-refractivity contribution is 0.205. The number of nitrogen functional groups attached to an aromatic ring is 1. The molecule has 0 saturated carbocycles. The molecule has 0 aliphatic heterocycles. The zero-order valence-electron chi connectivity index (χ0n) is 11.7. The van der Waals surface area contributed by atoms with Crippen molar-refractivity contribution in [2.75, 3.05) is 0 Å². The number of benzene rings is 1. The normalized spacial score (nSPS) is 12.2. The minimum Gasteiger partial charge on any atom is -0.490 e. The van der Waals surface area contributed by atoms with Gasteiger partial charge in [-0.15, -0.1) is 0 Å². The fourth-order valence-electron chi connectivity index (χ4n) is 2.00. The maximum Gasteiger partial charge on any atom is 0.137 e. The Labute approximate surface area is 114 Å². The Hall–Kier alpha value is -1.58. The van der Waals surface area contributed by atoms with Crippen LogP contribution in [0.3, 0.4) is 0 Å². The van der Waals surface area contributed by atoms with Gasteiger partial charge in [0.25, 0.3) is 0 Å². The molecule has 4 heteroatoms. The lowest BCUT2D eigenvalue weighted by Crippen LogP contribution is -2.18. The molecule has 3 nitrogen and oxygen atoms in total. The molecule has 0 aromatic heterocycles. The van der Waals surface area contributed by atoms with E-state index in [1.165, 1.54) is 25.3 Å². The number of amidine groups is 1. The molecule has 19 heavy (non-hydrogen) atoms. The summed E-state index contributed by atoms with van der Waals surface area (Å²) < 4.78 is 19.3. The molecule has 0 aliphatic rings. The van der Waals surface area contributed by atoms with Gasteiger partial charge >= 0.3 is 0 Å². The first-order valence-corrected chi connectivity index (χ1v) is 6.85. The van der Waals surface area contributed by atoms with Crippen molar-refractivity contribution in [2.24, 2.45) is 5.73 Å². The summed E-state index contributed by atoms with van der Waals surface area (Å²) in [4.78, 5) is 0. The summed E-state index contributed by atoms with van der Waals surface area (Å²) >= 11 is 0. The van der Waals surface area contributed by atoms with Crippen molar-refractivity contribution in [1.82, 2.24) is 0 Å². The third-order valence-electron chi connectivity index (χ3n) is 3.04. The number of hydrogen-bond acceptors (Lipinski definition) is 2. The zero-order valence-corrected chi connectivity index (χ0v) is 11.7. The summed E-state index contributed by atoms with van der Waals surface area (Å²) in [5, 5.41) is 7.41. The Balaban J connectivity index is 2.61. The fraction of sp³-hybridized carbons (Fsp3) is 0.533. The van der Waals surface area contributed by atoms with E-state index in [2.05, 4.69) is 6.92 Å². The number of halogens is 1. The average Bonchev–Trinajstić information content (AvgIpc) is 2.34. The minimum absolute atomic E-state index is 0.00300. The first-order chi connectivity index (χ1) is 9.06.